The highest BCUT2D eigenvalue weighted by Gasteiger charge is 2.62. The first-order valence-corrected chi connectivity index (χ1v) is 9.31. The van der Waals surface area contributed by atoms with E-state index in [2.05, 4.69) is 4.90 Å². The molecule has 6 heteroatoms. The Bertz CT molecular complexity index is 552. The van der Waals surface area contributed by atoms with Crippen molar-refractivity contribution < 1.29 is 24.2 Å². The number of hydrogen-bond acceptors (Lipinski definition) is 6. The van der Waals surface area contributed by atoms with Crippen molar-refractivity contribution in [3.8, 4) is 0 Å². The highest BCUT2D eigenvalue weighted by molar-refractivity contribution is 5.76. The van der Waals surface area contributed by atoms with Crippen molar-refractivity contribution in [3.05, 3.63) is 0 Å². The molecule has 1 spiro atoms. The number of esters is 2. The third kappa shape index (κ3) is 2.22. The number of nitrogens with zero attached hydrogens (tertiary/aromatic N) is 1. The predicted octanol–water partition coefficient (Wildman–Crippen LogP) is 1.25. The van der Waals surface area contributed by atoms with E-state index in [0.717, 1.165) is 45.1 Å². The molecule has 6 nitrogen and oxygen atoms in total. The number of rotatable bonds is 1. The Morgan fingerprint density at radius 1 is 1.17 bits per heavy atom. The SMILES string of the molecule is C[C@H]1C[C@@H](C2CC[C@@H]3N2CCCC[C@]32OC(=O)[C@H](C)[C@H]2O)OC1=O. The second kappa shape index (κ2) is 5.70. The molecular weight excluding hydrogens is 310 g/mol. The molecule has 4 aliphatic heterocycles. The van der Waals surface area contributed by atoms with Gasteiger partial charge in [0.15, 0.2) is 5.60 Å². The molecule has 0 radical (unpaired) electrons. The van der Waals surface area contributed by atoms with E-state index < -0.39 is 17.6 Å². The molecular formula is C18H27NO5. The Morgan fingerprint density at radius 2 is 1.96 bits per heavy atom. The summed E-state index contributed by atoms with van der Waals surface area (Å²) in [5.41, 5.74) is -0.782. The van der Waals surface area contributed by atoms with Gasteiger partial charge in [0.2, 0.25) is 0 Å². The summed E-state index contributed by atoms with van der Waals surface area (Å²) in [6, 6.07) is 0.212. The molecule has 0 aliphatic carbocycles. The molecule has 4 aliphatic rings. The Balaban J connectivity index is 1.61. The van der Waals surface area contributed by atoms with E-state index in [1.54, 1.807) is 6.92 Å². The summed E-state index contributed by atoms with van der Waals surface area (Å²) < 4.78 is 11.4. The van der Waals surface area contributed by atoms with Gasteiger partial charge in [0.25, 0.3) is 0 Å². The Morgan fingerprint density at radius 3 is 2.58 bits per heavy atom. The molecule has 0 saturated carbocycles. The van der Waals surface area contributed by atoms with Gasteiger partial charge in [-0.05, 0) is 52.0 Å². The molecule has 1 N–H and O–H groups in total. The Kier molecular flexibility index (Phi) is 3.88. The summed E-state index contributed by atoms with van der Waals surface area (Å²) >= 11 is 0. The van der Waals surface area contributed by atoms with Gasteiger partial charge in [-0.25, -0.2) is 0 Å². The standard InChI is InChI=1S/C18H27NO5/c1-10-9-13(23-16(10)21)12-5-6-14-18(7-3-4-8-19(12)14)15(20)11(2)17(22)24-18/h10-15,20H,3-9H2,1-2H3/t10-,11+,12?,13-,14-,15+,18-/m0/s1. The molecule has 4 heterocycles. The van der Waals surface area contributed by atoms with Gasteiger partial charge in [-0.3, -0.25) is 14.5 Å². The fraction of sp³-hybridized carbons (Fsp3) is 0.889. The van der Waals surface area contributed by atoms with E-state index in [-0.39, 0.29) is 36.0 Å². The minimum absolute atomic E-state index is 0.0310. The van der Waals surface area contributed by atoms with Gasteiger partial charge in [0.05, 0.1) is 17.9 Å². The molecule has 0 aromatic rings. The maximum Gasteiger partial charge on any atom is 0.312 e. The maximum absolute atomic E-state index is 12.1. The van der Waals surface area contributed by atoms with Gasteiger partial charge in [0.1, 0.15) is 12.2 Å². The van der Waals surface area contributed by atoms with E-state index >= 15 is 0 Å². The molecule has 4 saturated heterocycles. The van der Waals surface area contributed by atoms with Crippen molar-refractivity contribution in [1.82, 2.24) is 4.90 Å². The van der Waals surface area contributed by atoms with Crippen LogP contribution in [0.15, 0.2) is 0 Å². The lowest BCUT2D eigenvalue weighted by Crippen LogP contribution is -2.57. The number of cyclic esters (lactones) is 1. The van der Waals surface area contributed by atoms with Crippen LogP contribution in [0.4, 0.5) is 0 Å². The topological polar surface area (TPSA) is 76.1 Å². The van der Waals surface area contributed by atoms with Crippen LogP contribution in [-0.2, 0) is 19.1 Å². The molecule has 7 atom stereocenters. The van der Waals surface area contributed by atoms with Crippen LogP contribution in [0.2, 0.25) is 0 Å². The van der Waals surface area contributed by atoms with Crippen LogP contribution < -0.4 is 0 Å². The van der Waals surface area contributed by atoms with Gasteiger partial charge in [-0.2, -0.15) is 0 Å². The predicted molar refractivity (Wildman–Crippen MR) is 85.0 cm³/mol. The highest BCUT2D eigenvalue weighted by Crippen LogP contribution is 2.48. The lowest BCUT2D eigenvalue weighted by atomic mass is 9.80. The van der Waals surface area contributed by atoms with E-state index in [4.69, 9.17) is 9.47 Å². The van der Waals surface area contributed by atoms with Crippen LogP contribution in [0.3, 0.4) is 0 Å². The monoisotopic (exact) mass is 337 g/mol. The molecule has 4 fully saturated rings. The van der Waals surface area contributed by atoms with Crippen LogP contribution >= 0.6 is 0 Å². The summed E-state index contributed by atoms with van der Waals surface area (Å²) in [4.78, 5) is 26.3. The van der Waals surface area contributed by atoms with Crippen LogP contribution in [0.25, 0.3) is 0 Å². The van der Waals surface area contributed by atoms with Gasteiger partial charge in [0, 0.05) is 6.04 Å². The quantitative estimate of drug-likeness (QED) is 0.726. The highest BCUT2D eigenvalue weighted by atomic mass is 16.6. The van der Waals surface area contributed by atoms with E-state index in [1.807, 2.05) is 6.92 Å². The number of aliphatic hydroxyl groups is 1. The van der Waals surface area contributed by atoms with Crippen LogP contribution in [0.1, 0.15) is 52.4 Å². The van der Waals surface area contributed by atoms with Crippen LogP contribution in [-0.4, -0.2) is 58.4 Å². The number of fused-ring (bicyclic) bond motifs is 2. The number of ether oxygens (including phenoxy) is 2. The van der Waals surface area contributed by atoms with Gasteiger partial charge in [-0.15, -0.1) is 0 Å². The Labute approximate surface area is 142 Å². The van der Waals surface area contributed by atoms with E-state index in [1.165, 1.54) is 0 Å². The first-order chi connectivity index (χ1) is 11.4. The van der Waals surface area contributed by atoms with Gasteiger partial charge in [-0.1, -0.05) is 6.92 Å². The summed E-state index contributed by atoms with van der Waals surface area (Å²) in [6.45, 7) is 4.59. The van der Waals surface area contributed by atoms with Gasteiger partial charge < -0.3 is 14.6 Å². The van der Waals surface area contributed by atoms with Crippen molar-refractivity contribution >= 4 is 11.9 Å². The molecule has 0 aromatic heterocycles. The third-order valence-corrected chi connectivity index (χ3v) is 6.68. The first-order valence-electron chi connectivity index (χ1n) is 9.31. The number of carbonyl (C=O) groups excluding carboxylic acids is 2. The lowest BCUT2D eigenvalue weighted by molar-refractivity contribution is -0.160. The smallest absolute Gasteiger partial charge is 0.312 e. The molecule has 24 heavy (non-hydrogen) atoms. The molecule has 0 bridgehead atoms. The van der Waals surface area contributed by atoms with E-state index in [9.17, 15) is 14.7 Å². The average Bonchev–Trinajstić information content (AvgIpc) is 3.13. The average molecular weight is 337 g/mol. The molecule has 4 rings (SSSR count). The van der Waals surface area contributed by atoms with Crippen molar-refractivity contribution in [2.45, 2.75) is 82.3 Å². The van der Waals surface area contributed by atoms with Gasteiger partial charge >= 0.3 is 11.9 Å². The minimum Gasteiger partial charge on any atom is -0.460 e. The number of carbonyl (C=O) groups is 2. The van der Waals surface area contributed by atoms with Crippen molar-refractivity contribution in [2.24, 2.45) is 11.8 Å². The van der Waals surface area contributed by atoms with Crippen molar-refractivity contribution in [3.63, 3.8) is 0 Å². The molecule has 0 aromatic carbocycles. The number of aliphatic hydroxyl groups excluding tert-OH is 1. The second-order valence-corrected chi connectivity index (χ2v) is 8.08. The molecule has 134 valence electrons. The summed E-state index contributed by atoms with van der Waals surface area (Å²) in [5, 5.41) is 10.8. The second-order valence-electron chi connectivity index (χ2n) is 8.08. The largest absolute Gasteiger partial charge is 0.460 e. The maximum atomic E-state index is 12.1. The molecule has 1 unspecified atom stereocenters. The van der Waals surface area contributed by atoms with Crippen molar-refractivity contribution in [1.29, 1.82) is 0 Å². The van der Waals surface area contributed by atoms with Crippen LogP contribution in [0, 0.1) is 11.8 Å². The fourth-order valence-electron chi connectivity index (χ4n) is 5.35. The first kappa shape index (κ1) is 16.3. The Hall–Kier alpha value is -1.14. The zero-order chi connectivity index (χ0) is 17.1. The normalized spacial score (nSPS) is 49.1. The van der Waals surface area contributed by atoms with Crippen molar-refractivity contribution in [2.75, 3.05) is 6.54 Å². The summed E-state index contributed by atoms with van der Waals surface area (Å²) in [7, 11) is 0. The summed E-state index contributed by atoms with van der Waals surface area (Å²) in [6.07, 6.45) is 4.43. The third-order valence-electron chi connectivity index (χ3n) is 6.68. The minimum atomic E-state index is -0.782. The summed E-state index contributed by atoms with van der Waals surface area (Å²) in [5.74, 6) is -0.888. The van der Waals surface area contributed by atoms with Crippen LogP contribution in [0.5, 0.6) is 0 Å². The number of hydrogen-bond donors (Lipinski definition) is 1. The van der Waals surface area contributed by atoms with E-state index in [0.29, 0.717) is 0 Å². The lowest BCUT2D eigenvalue weighted by Gasteiger charge is -2.41. The zero-order valence-electron chi connectivity index (χ0n) is 14.4. The zero-order valence-corrected chi connectivity index (χ0v) is 14.4. The fourth-order valence-corrected chi connectivity index (χ4v) is 5.35. The molecule has 0 amide bonds.